The Hall–Kier alpha value is -3.75. The lowest BCUT2D eigenvalue weighted by atomic mass is 9.85. The largest absolute Gasteiger partial charge is 0.462 e. The Kier molecular flexibility index (Phi) is 8.21. The Labute approximate surface area is 222 Å². The molecular weight excluding hydrogens is 515 g/mol. The van der Waals surface area contributed by atoms with Crippen molar-refractivity contribution in [1.82, 2.24) is 4.57 Å². The molecule has 2 aromatic heterocycles. The molecule has 0 radical (unpaired) electrons. The summed E-state index contributed by atoms with van der Waals surface area (Å²) in [6, 6.07) is 16.8. The van der Waals surface area contributed by atoms with Crippen molar-refractivity contribution in [1.29, 1.82) is 0 Å². The minimum atomic E-state index is -0.507. The van der Waals surface area contributed by atoms with Gasteiger partial charge in [-0.05, 0) is 58.8 Å². The molecule has 6 nitrogen and oxygen atoms in total. The fraction of sp³-hybridized carbons (Fsp3) is 0.179. The molecule has 4 aromatic rings. The Bertz CT molecular complexity index is 1510. The Morgan fingerprint density at radius 1 is 1.14 bits per heavy atom. The number of aromatic nitrogens is 1. The van der Waals surface area contributed by atoms with Crippen LogP contribution in [0.2, 0.25) is 5.02 Å². The summed E-state index contributed by atoms with van der Waals surface area (Å²) < 4.78 is 21.5. The Morgan fingerprint density at radius 3 is 2.54 bits per heavy atom. The van der Waals surface area contributed by atoms with E-state index in [1.807, 2.05) is 29.6 Å². The third kappa shape index (κ3) is 5.98. The quantitative estimate of drug-likeness (QED) is 0.120. The standard InChI is InChI=1S/C28H24ClFN2O4S/c1-3-36-28(34)26-12-20(16-37-26)17-4-6-18(7-5-17)23(22-10-9-21(29)13-24(22)30)14-25(31-35)19-8-11-27(33)32(2)15-19/h4-13,15-16,23,35H,3,14H2,1-2H3/b31-25+/t23-/m1/s1. The van der Waals surface area contributed by atoms with Crippen LogP contribution in [0.3, 0.4) is 0 Å². The molecule has 0 saturated heterocycles. The van der Waals surface area contributed by atoms with Crippen molar-refractivity contribution in [3.8, 4) is 11.1 Å². The number of benzene rings is 2. The SMILES string of the molecule is CCOC(=O)c1cc(-c2ccc([C@@H](C/C(=N\O)c3ccc(=O)n(C)c3)c3ccc(Cl)cc3F)cc2)cs1. The van der Waals surface area contributed by atoms with E-state index in [-0.39, 0.29) is 23.0 Å². The number of hydrogen-bond acceptors (Lipinski definition) is 6. The second-order valence-corrected chi connectivity index (χ2v) is 9.73. The van der Waals surface area contributed by atoms with Crippen LogP contribution >= 0.6 is 22.9 Å². The number of aryl methyl sites for hydroxylation is 1. The maximum absolute atomic E-state index is 15.1. The van der Waals surface area contributed by atoms with E-state index >= 15 is 4.39 Å². The van der Waals surface area contributed by atoms with Gasteiger partial charge in [0.05, 0.1) is 12.3 Å². The van der Waals surface area contributed by atoms with Gasteiger partial charge in [0, 0.05) is 42.2 Å². The molecule has 0 spiro atoms. The van der Waals surface area contributed by atoms with Crippen LogP contribution in [-0.2, 0) is 11.8 Å². The minimum absolute atomic E-state index is 0.165. The highest BCUT2D eigenvalue weighted by Gasteiger charge is 2.23. The highest BCUT2D eigenvalue weighted by atomic mass is 35.5. The average Bonchev–Trinajstić information content (AvgIpc) is 3.38. The molecule has 0 bridgehead atoms. The third-order valence-corrected chi connectivity index (χ3v) is 7.14. The van der Waals surface area contributed by atoms with Crippen LogP contribution < -0.4 is 5.56 Å². The van der Waals surface area contributed by atoms with Crippen molar-refractivity contribution < 1.29 is 19.1 Å². The molecule has 1 atom stereocenters. The van der Waals surface area contributed by atoms with Crippen molar-refractivity contribution in [2.45, 2.75) is 19.3 Å². The molecule has 0 unspecified atom stereocenters. The Morgan fingerprint density at radius 2 is 1.89 bits per heavy atom. The second kappa shape index (κ2) is 11.5. The van der Waals surface area contributed by atoms with Crippen molar-refractivity contribution >= 4 is 34.6 Å². The minimum Gasteiger partial charge on any atom is -0.462 e. The summed E-state index contributed by atoms with van der Waals surface area (Å²) in [7, 11) is 1.60. The number of thiophene rings is 1. The van der Waals surface area contributed by atoms with Crippen LogP contribution in [0.1, 0.15) is 45.6 Å². The van der Waals surface area contributed by atoms with E-state index < -0.39 is 11.7 Å². The van der Waals surface area contributed by atoms with Gasteiger partial charge in [0.1, 0.15) is 10.7 Å². The summed E-state index contributed by atoms with van der Waals surface area (Å²) in [5.74, 6) is -1.34. The number of halogens is 2. The fourth-order valence-electron chi connectivity index (χ4n) is 4.07. The molecule has 190 valence electrons. The third-order valence-electron chi connectivity index (χ3n) is 6.00. The molecule has 0 aliphatic rings. The van der Waals surface area contributed by atoms with Crippen LogP contribution in [0.4, 0.5) is 4.39 Å². The normalized spacial score (nSPS) is 12.4. The predicted octanol–water partition coefficient (Wildman–Crippen LogP) is 6.48. The van der Waals surface area contributed by atoms with Crippen molar-refractivity contribution in [2.75, 3.05) is 6.61 Å². The molecule has 2 heterocycles. The van der Waals surface area contributed by atoms with Gasteiger partial charge in [-0.1, -0.05) is 47.1 Å². The molecule has 0 aliphatic heterocycles. The van der Waals surface area contributed by atoms with E-state index in [0.29, 0.717) is 28.3 Å². The van der Waals surface area contributed by atoms with Gasteiger partial charge < -0.3 is 14.5 Å². The Balaban J connectivity index is 1.70. The highest BCUT2D eigenvalue weighted by molar-refractivity contribution is 7.12. The number of carbonyl (C=O) groups excluding carboxylic acids is 1. The first-order valence-corrected chi connectivity index (χ1v) is 12.8. The molecule has 4 rings (SSSR count). The zero-order chi connectivity index (χ0) is 26.5. The number of hydrogen-bond donors (Lipinski definition) is 1. The van der Waals surface area contributed by atoms with Crippen molar-refractivity contribution in [3.05, 3.63) is 115 Å². The molecule has 1 N–H and O–H groups in total. The lowest BCUT2D eigenvalue weighted by molar-refractivity contribution is 0.0532. The summed E-state index contributed by atoms with van der Waals surface area (Å²) in [6.07, 6.45) is 1.74. The van der Waals surface area contributed by atoms with Crippen LogP contribution in [0.5, 0.6) is 0 Å². The van der Waals surface area contributed by atoms with Gasteiger partial charge >= 0.3 is 5.97 Å². The molecule has 0 aliphatic carbocycles. The number of pyridine rings is 1. The maximum atomic E-state index is 15.1. The van der Waals surface area contributed by atoms with Crippen LogP contribution in [0.15, 0.2) is 82.2 Å². The predicted molar refractivity (Wildman–Crippen MR) is 144 cm³/mol. The molecule has 37 heavy (non-hydrogen) atoms. The number of oxime groups is 1. The summed E-state index contributed by atoms with van der Waals surface area (Å²) in [5, 5.41) is 15.5. The van der Waals surface area contributed by atoms with Gasteiger partial charge in [-0.3, -0.25) is 4.79 Å². The van der Waals surface area contributed by atoms with Crippen molar-refractivity contribution in [3.63, 3.8) is 0 Å². The van der Waals surface area contributed by atoms with E-state index in [2.05, 4.69) is 5.16 Å². The number of carbonyl (C=O) groups is 1. The van der Waals surface area contributed by atoms with Gasteiger partial charge in [0.15, 0.2) is 0 Å². The summed E-state index contributed by atoms with van der Waals surface area (Å²) in [6.45, 7) is 2.07. The van der Waals surface area contributed by atoms with Gasteiger partial charge in [-0.25, -0.2) is 9.18 Å². The fourth-order valence-corrected chi connectivity index (χ4v) is 5.04. The van der Waals surface area contributed by atoms with Crippen LogP contribution in [0, 0.1) is 5.82 Å². The lowest BCUT2D eigenvalue weighted by Crippen LogP contribution is -2.18. The second-order valence-electron chi connectivity index (χ2n) is 8.38. The smallest absolute Gasteiger partial charge is 0.348 e. The topological polar surface area (TPSA) is 80.9 Å². The number of rotatable bonds is 8. The molecular formula is C28H24ClFN2O4S. The monoisotopic (exact) mass is 538 g/mol. The molecule has 0 amide bonds. The average molecular weight is 539 g/mol. The molecule has 0 fully saturated rings. The van der Waals surface area contributed by atoms with Gasteiger partial charge in [-0.15, -0.1) is 11.3 Å². The van der Waals surface area contributed by atoms with Gasteiger partial charge in [0.2, 0.25) is 5.56 Å². The molecule has 9 heteroatoms. The van der Waals surface area contributed by atoms with Gasteiger partial charge in [-0.2, -0.15) is 0 Å². The zero-order valence-electron chi connectivity index (χ0n) is 20.2. The van der Waals surface area contributed by atoms with E-state index in [0.717, 1.165) is 16.7 Å². The van der Waals surface area contributed by atoms with Crippen LogP contribution in [-0.4, -0.2) is 28.1 Å². The van der Waals surface area contributed by atoms with E-state index in [1.54, 1.807) is 44.4 Å². The van der Waals surface area contributed by atoms with Crippen LogP contribution in [0.25, 0.3) is 11.1 Å². The summed E-state index contributed by atoms with van der Waals surface area (Å²) in [5.41, 5.74) is 3.59. The first-order chi connectivity index (χ1) is 17.8. The highest BCUT2D eigenvalue weighted by Crippen LogP contribution is 2.34. The maximum Gasteiger partial charge on any atom is 0.348 e. The first kappa shape index (κ1) is 26.3. The first-order valence-electron chi connectivity index (χ1n) is 11.5. The van der Waals surface area contributed by atoms with E-state index in [9.17, 15) is 14.8 Å². The van der Waals surface area contributed by atoms with E-state index in [1.165, 1.54) is 28.0 Å². The summed E-state index contributed by atoms with van der Waals surface area (Å²) in [4.78, 5) is 24.4. The number of ether oxygens (including phenoxy) is 1. The molecule has 0 saturated carbocycles. The van der Waals surface area contributed by atoms with Gasteiger partial charge in [0.25, 0.3) is 0 Å². The summed E-state index contributed by atoms with van der Waals surface area (Å²) >= 11 is 7.30. The zero-order valence-corrected chi connectivity index (χ0v) is 21.7. The van der Waals surface area contributed by atoms with E-state index in [4.69, 9.17) is 16.3 Å². The van der Waals surface area contributed by atoms with Crippen molar-refractivity contribution in [2.24, 2.45) is 12.2 Å². The molecule has 2 aromatic carbocycles. The number of nitrogens with zero attached hydrogens (tertiary/aromatic N) is 2. The number of esters is 1. The lowest BCUT2D eigenvalue weighted by Gasteiger charge is -2.20.